The third-order valence-corrected chi connectivity index (χ3v) is 3.18. The van der Waals surface area contributed by atoms with Crippen LogP contribution in [0.15, 0.2) is 35.1 Å². The van der Waals surface area contributed by atoms with Gasteiger partial charge in [0, 0.05) is 17.8 Å². The Bertz CT molecular complexity index is 539. The van der Waals surface area contributed by atoms with Crippen LogP contribution in [0.2, 0.25) is 0 Å². The molecule has 96 valence electrons. The van der Waals surface area contributed by atoms with Gasteiger partial charge in [-0.05, 0) is 41.5 Å². The van der Waals surface area contributed by atoms with E-state index in [0.717, 1.165) is 16.7 Å². The molecule has 1 atom stereocenters. The van der Waals surface area contributed by atoms with Gasteiger partial charge < -0.3 is 5.32 Å². The van der Waals surface area contributed by atoms with Gasteiger partial charge in [0.15, 0.2) is 0 Å². The smallest absolute Gasteiger partial charge is 0.130 e. The second-order valence-electron chi connectivity index (χ2n) is 4.06. The van der Waals surface area contributed by atoms with Crippen LogP contribution in [0, 0.1) is 5.82 Å². The predicted octanol–water partition coefficient (Wildman–Crippen LogP) is 3.44. The van der Waals surface area contributed by atoms with E-state index in [0.29, 0.717) is 5.56 Å². The Balaban J connectivity index is 2.50. The van der Waals surface area contributed by atoms with Crippen molar-refractivity contribution in [2.45, 2.75) is 19.9 Å². The zero-order chi connectivity index (χ0) is 13.1. The lowest BCUT2D eigenvalue weighted by Gasteiger charge is -2.17. The van der Waals surface area contributed by atoms with Crippen LogP contribution in [0.4, 0.5) is 4.39 Å². The van der Waals surface area contributed by atoms with Gasteiger partial charge in [-0.15, -0.1) is 0 Å². The highest BCUT2D eigenvalue weighted by molar-refractivity contribution is 9.10. The third kappa shape index (κ3) is 2.62. The molecular formula is C13H15BrFN3. The number of hydrogen-bond donors (Lipinski definition) is 1. The van der Waals surface area contributed by atoms with E-state index in [1.54, 1.807) is 16.9 Å². The summed E-state index contributed by atoms with van der Waals surface area (Å²) >= 11 is 3.35. The number of aromatic nitrogens is 2. The summed E-state index contributed by atoms with van der Waals surface area (Å²) < 4.78 is 16.6. The monoisotopic (exact) mass is 311 g/mol. The van der Waals surface area contributed by atoms with E-state index in [2.05, 4.69) is 26.3 Å². The predicted molar refractivity (Wildman–Crippen MR) is 73.3 cm³/mol. The van der Waals surface area contributed by atoms with Crippen LogP contribution >= 0.6 is 15.9 Å². The minimum Gasteiger partial charge on any atom is -0.310 e. The van der Waals surface area contributed by atoms with Crippen LogP contribution in [0.25, 0.3) is 5.69 Å². The van der Waals surface area contributed by atoms with Crippen molar-refractivity contribution in [1.82, 2.24) is 15.1 Å². The summed E-state index contributed by atoms with van der Waals surface area (Å²) in [5, 5.41) is 7.43. The molecule has 1 heterocycles. The molecule has 0 aliphatic carbocycles. The van der Waals surface area contributed by atoms with Crippen molar-refractivity contribution in [3.05, 3.63) is 46.4 Å². The first-order valence-corrected chi connectivity index (χ1v) is 6.65. The summed E-state index contributed by atoms with van der Waals surface area (Å²) in [7, 11) is 0. The summed E-state index contributed by atoms with van der Waals surface area (Å²) in [6, 6.07) is 4.98. The van der Waals surface area contributed by atoms with Gasteiger partial charge in [-0.2, -0.15) is 5.10 Å². The summed E-state index contributed by atoms with van der Waals surface area (Å²) in [5.74, 6) is -0.215. The zero-order valence-corrected chi connectivity index (χ0v) is 11.9. The van der Waals surface area contributed by atoms with E-state index in [9.17, 15) is 4.39 Å². The molecule has 0 amide bonds. The van der Waals surface area contributed by atoms with Gasteiger partial charge in [0.05, 0.1) is 16.4 Å². The van der Waals surface area contributed by atoms with Gasteiger partial charge in [-0.1, -0.05) is 13.0 Å². The molecular weight excluding hydrogens is 297 g/mol. The fourth-order valence-corrected chi connectivity index (χ4v) is 2.28. The molecule has 0 spiro atoms. The number of rotatable bonds is 4. The summed E-state index contributed by atoms with van der Waals surface area (Å²) in [6.07, 6.45) is 3.50. The van der Waals surface area contributed by atoms with Crippen molar-refractivity contribution in [2.75, 3.05) is 6.54 Å². The van der Waals surface area contributed by atoms with Gasteiger partial charge in [-0.25, -0.2) is 9.07 Å². The van der Waals surface area contributed by atoms with Crippen LogP contribution in [0.3, 0.4) is 0 Å². The van der Waals surface area contributed by atoms with Crippen LogP contribution in [0.1, 0.15) is 25.5 Å². The highest BCUT2D eigenvalue weighted by Gasteiger charge is 2.16. The molecule has 5 heteroatoms. The average molecular weight is 312 g/mol. The molecule has 18 heavy (non-hydrogen) atoms. The molecule has 0 fully saturated rings. The highest BCUT2D eigenvalue weighted by atomic mass is 79.9. The average Bonchev–Trinajstić information content (AvgIpc) is 2.75. The number of halogens is 2. The normalized spacial score (nSPS) is 12.7. The lowest BCUT2D eigenvalue weighted by molar-refractivity contribution is 0.536. The van der Waals surface area contributed by atoms with Gasteiger partial charge in [0.1, 0.15) is 5.82 Å². The molecule has 0 radical (unpaired) electrons. The second-order valence-corrected chi connectivity index (χ2v) is 4.97. The van der Waals surface area contributed by atoms with E-state index in [4.69, 9.17) is 0 Å². The van der Waals surface area contributed by atoms with E-state index in [-0.39, 0.29) is 11.9 Å². The summed E-state index contributed by atoms with van der Waals surface area (Å²) in [4.78, 5) is 0. The number of nitrogens with zero attached hydrogens (tertiary/aromatic N) is 2. The van der Waals surface area contributed by atoms with Crippen LogP contribution in [-0.2, 0) is 0 Å². The van der Waals surface area contributed by atoms with Crippen molar-refractivity contribution >= 4 is 15.9 Å². The second kappa shape index (κ2) is 5.63. The molecule has 1 aromatic heterocycles. The molecule has 1 N–H and O–H groups in total. The van der Waals surface area contributed by atoms with Crippen molar-refractivity contribution in [2.24, 2.45) is 0 Å². The van der Waals surface area contributed by atoms with Gasteiger partial charge in [-0.3, -0.25) is 0 Å². The Labute approximate surface area is 114 Å². The molecule has 3 nitrogen and oxygen atoms in total. The standard InChI is InChI=1S/C13H15BrFN3/c1-3-16-9(2)13-11(15)5-4-6-12(13)18-8-10(14)7-17-18/h4-9,16H,3H2,1-2H3. The molecule has 0 aliphatic rings. The molecule has 2 aromatic rings. The van der Waals surface area contributed by atoms with Crippen molar-refractivity contribution in [1.29, 1.82) is 0 Å². The summed E-state index contributed by atoms with van der Waals surface area (Å²) in [5.41, 5.74) is 1.39. The maximum absolute atomic E-state index is 14.0. The van der Waals surface area contributed by atoms with Crippen molar-refractivity contribution < 1.29 is 4.39 Å². The van der Waals surface area contributed by atoms with E-state index < -0.39 is 0 Å². The molecule has 0 saturated heterocycles. The lowest BCUT2D eigenvalue weighted by atomic mass is 10.1. The van der Waals surface area contributed by atoms with Crippen LogP contribution in [-0.4, -0.2) is 16.3 Å². The molecule has 0 bridgehead atoms. The van der Waals surface area contributed by atoms with Gasteiger partial charge >= 0.3 is 0 Å². The maximum atomic E-state index is 14.0. The first kappa shape index (κ1) is 13.2. The Morgan fingerprint density at radius 1 is 1.50 bits per heavy atom. The van der Waals surface area contributed by atoms with Gasteiger partial charge in [0.2, 0.25) is 0 Å². The minimum atomic E-state index is -0.215. The fraction of sp³-hybridized carbons (Fsp3) is 0.308. The minimum absolute atomic E-state index is 0.0609. The molecule has 0 aliphatic heterocycles. The Morgan fingerprint density at radius 2 is 2.28 bits per heavy atom. The summed E-state index contributed by atoms with van der Waals surface area (Å²) in [6.45, 7) is 4.74. The Morgan fingerprint density at radius 3 is 2.89 bits per heavy atom. The van der Waals surface area contributed by atoms with E-state index >= 15 is 0 Å². The quantitative estimate of drug-likeness (QED) is 0.937. The number of nitrogens with one attached hydrogen (secondary N) is 1. The molecule has 0 saturated carbocycles. The van der Waals surface area contributed by atoms with E-state index in [1.165, 1.54) is 6.07 Å². The molecule has 1 unspecified atom stereocenters. The number of hydrogen-bond acceptors (Lipinski definition) is 2. The van der Waals surface area contributed by atoms with Crippen LogP contribution in [0.5, 0.6) is 0 Å². The Kier molecular flexibility index (Phi) is 4.14. The highest BCUT2D eigenvalue weighted by Crippen LogP contribution is 2.25. The first-order chi connectivity index (χ1) is 8.63. The lowest BCUT2D eigenvalue weighted by Crippen LogP contribution is -2.20. The largest absolute Gasteiger partial charge is 0.310 e. The topological polar surface area (TPSA) is 29.9 Å². The first-order valence-electron chi connectivity index (χ1n) is 5.85. The zero-order valence-electron chi connectivity index (χ0n) is 10.3. The van der Waals surface area contributed by atoms with Crippen LogP contribution < -0.4 is 5.32 Å². The maximum Gasteiger partial charge on any atom is 0.130 e. The molecule has 1 aromatic carbocycles. The van der Waals surface area contributed by atoms with Gasteiger partial charge in [0.25, 0.3) is 0 Å². The van der Waals surface area contributed by atoms with Crippen molar-refractivity contribution in [3.63, 3.8) is 0 Å². The fourth-order valence-electron chi connectivity index (χ4n) is 1.99. The van der Waals surface area contributed by atoms with E-state index in [1.807, 2.05) is 26.1 Å². The Hall–Kier alpha value is -1.20. The number of benzene rings is 1. The molecule has 2 rings (SSSR count). The SMILES string of the molecule is CCNC(C)c1c(F)cccc1-n1cc(Br)cn1. The third-order valence-electron chi connectivity index (χ3n) is 2.77. The van der Waals surface area contributed by atoms with Crippen molar-refractivity contribution in [3.8, 4) is 5.69 Å².